The first kappa shape index (κ1) is 26.8. The zero-order chi connectivity index (χ0) is 23.9. The van der Waals surface area contributed by atoms with Crippen molar-refractivity contribution >= 4 is 6.09 Å². The van der Waals surface area contributed by atoms with Crippen molar-refractivity contribution in [3.8, 4) is 0 Å². The van der Waals surface area contributed by atoms with Gasteiger partial charge in [-0.15, -0.1) is 0 Å². The van der Waals surface area contributed by atoms with Gasteiger partial charge in [0.1, 0.15) is 11.8 Å². The van der Waals surface area contributed by atoms with Crippen LogP contribution in [0.5, 0.6) is 0 Å². The maximum absolute atomic E-state index is 14.7. The summed E-state index contributed by atoms with van der Waals surface area (Å²) in [5.41, 5.74) is 1.85. The molecule has 0 aliphatic rings. The van der Waals surface area contributed by atoms with Gasteiger partial charge in [0.2, 0.25) is 0 Å². The van der Waals surface area contributed by atoms with Gasteiger partial charge in [0.25, 0.3) is 0 Å². The summed E-state index contributed by atoms with van der Waals surface area (Å²) < 4.78 is 25.5. The molecule has 33 heavy (non-hydrogen) atoms. The van der Waals surface area contributed by atoms with E-state index in [-0.39, 0.29) is 6.61 Å². The number of halogens is 1. The molecule has 1 atom stereocenters. The Labute approximate surface area is 198 Å². The average Bonchev–Trinajstić information content (AvgIpc) is 2.75. The predicted molar refractivity (Wildman–Crippen MR) is 131 cm³/mol. The summed E-state index contributed by atoms with van der Waals surface area (Å²) in [7, 11) is 0. The number of amides is 1. The van der Waals surface area contributed by atoms with Gasteiger partial charge in [0.15, 0.2) is 0 Å². The molecular formula is C27H39FN2O3. The number of nitrogens with one attached hydrogen (secondary N) is 1. The molecule has 2 rings (SSSR count). The van der Waals surface area contributed by atoms with Gasteiger partial charge in [-0.25, -0.2) is 9.18 Å². The minimum atomic E-state index is -1.05. The van der Waals surface area contributed by atoms with Gasteiger partial charge in [0.05, 0.1) is 6.61 Å². The standard InChI is InChI=1S/C27H39FN2O3/c1-27(2,3)33-26(31)29-17-11-6-12-18-32-22-25(28)21-30(19-23-13-7-4-8-14-23)20-24-15-9-5-10-16-24/h4-5,7-10,13-16,25H,6,11-12,17-22H2,1-3H3,(H,29,31). The van der Waals surface area contributed by atoms with Crippen LogP contribution in [0.1, 0.15) is 51.2 Å². The molecule has 0 fully saturated rings. The monoisotopic (exact) mass is 458 g/mol. The van der Waals surface area contributed by atoms with Crippen LogP contribution in [0.4, 0.5) is 9.18 Å². The molecule has 0 heterocycles. The van der Waals surface area contributed by atoms with Gasteiger partial charge in [-0.3, -0.25) is 4.90 Å². The number of hydrogen-bond acceptors (Lipinski definition) is 4. The highest BCUT2D eigenvalue weighted by Gasteiger charge is 2.16. The quantitative estimate of drug-likeness (QED) is 0.367. The first-order valence-electron chi connectivity index (χ1n) is 11.8. The average molecular weight is 459 g/mol. The van der Waals surface area contributed by atoms with E-state index in [1.54, 1.807) is 0 Å². The van der Waals surface area contributed by atoms with E-state index >= 15 is 0 Å². The third-order valence-corrected chi connectivity index (χ3v) is 4.89. The molecule has 2 aromatic rings. The van der Waals surface area contributed by atoms with E-state index in [4.69, 9.17) is 9.47 Å². The summed E-state index contributed by atoms with van der Waals surface area (Å²) in [5.74, 6) is 0. The Morgan fingerprint density at radius 3 is 2.06 bits per heavy atom. The largest absolute Gasteiger partial charge is 0.444 e. The molecule has 6 heteroatoms. The highest BCUT2D eigenvalue weighted by atomic mass is 19.1. The lowest BCUT2D eigenvalue weighted by Gasteiger charge is -2.24. The topological polar surface area (TPSA) is 50.8 Å². The number of carbonyl (C=O) groups is 1. The Balaban J connectivity index is 1.63. The lowest BCUT2D eigenvalue weighted by Crippen LogP contribution is -2.33. The molecular weight excluding hydrogens is 419 g/mol. The van der Waals surface area contributed by atoms with Gasteiger partial charge in [-0.2, -0.15) is 0 Å². The van der Waals surface area contributed by atoms with E-state index in [1.807, 2.05) is 57.2 Å². The molecule has 0 saturated carbocycles. The first-order chi connectivity index (χ1) is 15.8. The Hall–Kier alpha value is -2.44. The fourth-order valence-corrected chi connectivity index (χ4v) is 3.42. The fourth-order valence-electron chi connectivity index (χ4n) is 3.42. The maximum Gasteiger partial charge on any atom is 0.407 e. The molecule has 1 amide bonds. The van der Waals surface area contributed by atoms with Crippen molar-refractivity contribution in [3.63, 3.8) is 0 Å². The van der Waals surface area contributed by atoms with Crippen molar-refractivity contribution < 1.29 is 18.7 Å². The number of hydrogen-bond donors (Lipinski definition) is 1. The van der Waals surface area contributed by atoms with E-state index < -0.39 is 17.9 Å². The Morgan fingerprint density at radius 2 is 1.52 bits per heavy atom. The van der Waals surface area contributed by atoms with Crippen molar-refractivity contribution in [3.05, 3.63) is 71.8 Å². The van der Waals surface area contributed by atoms with Gasteiger partial charge < -0.3 is 14.8 Å². The minimum absolute atomic E-state index is 0.0935. The lowest BCUT2D eigenvalue weighted by molar-refractivity contribution is 0.0519. The van der Waals surface area contributed by atoms with Crippen molar-refractivity contribution in [1.82, 2.24) is 10.2 Å². The number of rotatable bonds is 14. The van der Waals surface area contributed by atoms with Gasteiger partial charge in [-0.1, -0.05) is 60.7 Å². The Morgan fingerprint density at radius 1 is 0.939 bits per heavy atom. The summed E-state index contributed by atoms with van der Waals surface area (Å²) in [4.78, 5) is 13.7. The normalized spacial score (nSPS) is 12.5. The summed E-state index contributed by atoms with van der Waals surface area (Å²) in [5, 5.41) is 2.74. The molecule has 1 N–H and O–H groups in total. The van der Waals surface area contributed by atoms with Gasteiger partial charge in [0, 0.05) is 32.8 Å². The van der Waals surface area contributed by atoms with Crippen LogP contribution in [0.25, 0.3) is 0 Å². The van der Waals surface area contributed by atoms with Crippen molar-refractivity contribution in [2.75, 3.05) is 26.3 Å². The number of unbranched alkanes of at least 4 members (excludes halogenated alkanes) is 2. The summed E-state index contributed by atoms with van der Waals surface area (Å²) in [6.45, 7) is 8.40. The number of ether oxygens (including phenoxy) is 2. The Bertz CT molecular complexity index is 739. The highest BCUT2D eigenvalue weighted by molar-refractivity contribution is 5.67. The summed E-state index contributed by atoms with van der Waals surface area (Å²) in [6.07, 6.45) is 1.13. The van der Waals surface area contributed by atoms with Gasteiger partial charge in [-0.05, 0) is 51.2 Å². The number of alkyl carbamates (subject to hydrolysis) is 1. The maximum atomic E-state index is 14.7. The predicted octanol–water partition coefficient (Wildman–Crippen LogP) is 5.74. The SMILES string of the molecule is CC(C)(C)OC(=O)NCCCCCOCC(F)CN(Cc1ccccc1)Cc1ccccc1. The number of carbonyl (C=O) groups excluding carboxylic acids is 1. The van der Waals surface area contributed by atoms with Crippen molar-refractivity contribution in [2.45, 2.75) is 64.9 Å². The third kappa shape index (κ3) is 13.0. The molecule has 2 aromatic carbocycles. The molecule has 0 aliphatic carbocycles. The van der Waals surface area contributed by atoms with E-state index in [0.717, 1.165) is 19.3 Å². The lowest BCUT2D eigenvalue weighted by atomic mass is 10.1. The molecule has 0 bridgehead atoms. The smallest absolute Gasteiger partial charge is 0.407 e. The van der Waals surface area contributed by atoms with Crippen LogP contribution in [-0.2, 0) is 22.6 Å². The third-order valence-electron chi connectivity index (χ3n) is 4.89. The molecule has 0 aliphatic heterocycles. The number of nitrogens with zero attached hydrogens (tertiary/aromatic N) is 1. The minimum Gasteiger partial charge on any atom is -0.444 e. The molecule has 0 aromatic heterocycles. The Kier molecular flexibility index (Phi) is 11.9. The van der Waals surface area contributed by atoms with E-state index in [1.165, 1.54) is 11.1 Å². The van der Waals surface area contributed by atoms with E-state index in [0.29, 0.717) is 32.8 Å². The summed E-state index contributed by atoms with van der Waals surface area (Å²) >= 11 is 0. The van der Waals surface area contributed by atoms with Crippen LogP contribution >= 0.6 is 0 Å². The van der Waals surface area contributed by atoms with Crippen LogP contribution in [-0.4, -0.2) is 49.1 Å². The van der Waals surface area contributed by atoms with E-state index in [2.05, 4.69) is 34.5 Å². The first-order valence-corrected chi connectivity index (χ1v) is 11.8. The second-order valence-electron chi connectivity index (χ2n) is 9.30. The number of benzene rings is 2. The molecule has 0 spiro atoms. The van der Waals surface area contributed by atoms with Crippen LogP contribution in [0.3, 0.4) is 0 Å². The molecule has 182 valence electrons. The van der Waals surface area contributed by atoms with Crippen molar-refractivity contribution in [1.29, 1.82) is 0 Å². The van der Waals surface area contributed by atoms with Gasteiger partial charge >= 0.3 is 6.09 Å². The zero-order valence-corrected chi connectivity index (χ0v) is 20.3. The molecule has 0 saturated heterocycles. The van der Waals surface area contributed by atoms with Crippen LogP contribution in [0.15, 0.2) is 60.7 Å². The summed E-state index contributed by atoms with van der Waals surface area (Å²) in [6, 6.07) is 20.3. The highest BCUT2D eigenvalue weighted by Crippen LogP contribution is 2.12. The van der Waals surface area contributed by atoms with E-state index in [9.17, 15) is 9.18 Å². The number of alkyl halides is 1. The fraction of sp³-hybridized carbons (Fsp3) is 0.519. The second-order valence-corrected chi connectivity index (χ2v) is 9.30. The van der Waals surface area contributed by atoms with Crippen LogP contribution < -0.4 is 5.32 Å². The zero-order valence-electron chi connectivity index (χ0n) is 20.3. The second kappa shape index (κ2) is 14.7. The van der Waals surface area contributed by atoms with Crippen LogP contribution in [0, 0.1) is 0 Å². The van der Waals surface area contributed by atoms with Crippen molar-refractivity contribution in [2.24, 2.45) is 0 Å². The molecule has 0 radical (unpaired) electrons. The van der Waals surface area contributed by atoms with Crippen LogP contribution in [0.2, 0.25) is 0 Å². The molecule has 5 nitrogen and oxygen atoms in total. The molecule has 1 unspecified atom stereocenters.